The van der Waals surface area contributed by atoms with E-state index in [9.17, 15) is 9.59 Å². The fourth-order valence-corrected chi connectivity index (χ4v) is 3.23. The van der Waals surface area contributed by atoms with E-state index in [-0.39, 0.29) is 18.3 Å². The van der Waals surface area contributed by atoms with Gasteiger partial charge in [-0.05, 0) is 6.92 Å². The summed E-state index contributed by atoms with van der Waals surface area (Å²) in [5.74, 6) is -0.321. The second-order valence-electron chi connectivity index (χ2n) is 6.51. The maximum Gasteiger partial charge on any atom is 0.252 e. The maximum atomic E-state index is 13.0. The van der Waals surface area contributed by atoms with Gasteiger partial charge in [0.05, 0.1) is 35.1 Å². The molecule has 7 nitrogen and oxygen atoms in total. The van der Waals surface area contributed by atoms with Crippen LogP contribution in [0, 0.1) is 0 Å². The maximum absolute atomic E-state index is 13.0. The normalized spacial score (nSPS) is 18.9. The minimum absolute atomic E-state index is 0.112. The highest BCUT2D eigenvalue weighted by molar-refractivity contribution is 6.21. The van der Waals surface area contributed by atoms with Crippen molar-refractivity contribution in [3.8, 4) is 0 Å². The minimum atomic E-state index is -0.944. The number of hydrogen-bond acceptors (Lipinski definition) is 5. The van der Waals surface area contributed by atoms with Crippen molar-refractivity contribution in [1.82, 2.24) is 9.97 Å². The Bertz CT molecular complexity index is 1010. The van der Waals surface area contributed by atoms with E-state index in [1.807, 2.05) is 18.2 Å². The number of H-pyrrole nitrogens is 1. The number of nitrogens with zero attached hydrogens (tertiary/aromatic N) is 1. The van der Waals surface area contributed by atoms with Crippen molar-refractivity contribution in [1.29, 1.82) is 0 Å². The van der Waals surface area contributed by atoms with Crippen LogP contribution in [0.3, 0.4) is 0 Å². The van der Waals surface area contributed by atoms with Crippen LogP contribution in [-0.2, 0) is 9.53 Å². The summed E-state index contributed by atoms with van der Waals surface area (Å²) in [6, 6.07) is 9.05. The van der Waals surface area contributed by atoms with Crippen molar-refractivity contribution in [2.75, 3.05) is 24.4 Å². The van der Waals surface area contributed by atoms with Crippen molar-refractivity contribution in [3.63, 3.8) is 0 Å². The first-order valence-electron chi connectivity index (χ1n) is 8.22. The fourth-order valence-electron chi connectivity index (χ4n) is 3.23. The van der Waals surface area contributed by atoms with E-state index in [0.717, 1.165) is 0 Å². The molecule has 1 aliphatic rings. The van der Waals surface area contributed by atoms with Gasteiger partial charge in [-0.2, -0.15) is 0 Å². The molecule has 1 amide bonds. The molecule has 0 spiro atoms. The Kier molecular flexibility index (Phi) is 3.73. The Morgan fingerprint density at radius 3 is 2.77 bits per heavy atom. The minimum Gasteiger partial charge on any atom is -0.382 e. The molecule has 26 heavy (non-hydrogen) atoms. The monoisotopic (exact) mass is 350 g/mol. The number of amides is 1. The van der Waals surface area contributed by atoms with Crippen molar-refractivity contribution in [3.05, 3.63) is 53.9 Å². The topological polar surface area (TPSA) is 96.1 Å². The van der Waals surface area contributed by atoms with Gasteiger partial charge in [0, 0.05) is 18.9 Å². The zero-order valence-electron chi connectivity index (χ0n) is 14.4. The average molecular weight is 350 g/mol. The Labute approximate surface area is 149 Å². The van der Waals surface area contributed by atoms with Crippen LogP contribution < -0.4 is 10.6 Å². The van der Waals surface area contributed by atoms with E-state index in [1.165, 1.54) is 0 Å². The second kappa shape index (κ2) is 5.96. The van der Waals surface area contributed by atoms with Gasteiger partial charge in [0.15, 0.2) is 5.78 Å². The highest BCUT2D eigenvalue weighted by atomic mass is 16.5. The number of nitrogens with one attached hydrogen (secondary N) is 3. The standard InChI is InChI=1S/C19H18N4O3/c1-19(10-26-2)18(25)22-13-9-21-17-14(15(13)23-19)12(8-20-17)16(24)11-6-4-3-5-7-11/h3-9,23H,10H2,1-2H3,(H,20,21)(H,22,25)/t19-/m0/s1. The third-order valence-corrected chi connectivity index (χ3v) is 4.57. The Hall–Kier alpha value is -3.19. The first kappa shape index (κ1) is 16.3. The molecule has 2 aromatic heterocycles. The van der Waals surface area contributed by atoms with Crippen molar-refractivity contribution in [2.24, 2.45) is 0 Å². The summed E-state index contributed by atoms with van der Waals surface area (Å²) in [5, 5.41) is 6.76. The predicted molar refractivity (Wildman–Crippen MR) is 98.5 cm³/mol. The molecule has 0 fully saturated rings. The largest absolute Gasteiger partial charge is 0.382 e. The average Bonchev–Trinajstić information content (AvgIpc) is 3.08. The number of carbonyl (C=O) groups is 2. The summed E-state index contributed by atoms with van der Waals surface area (Å²) in [6.45, 7) is 1.95. The molecule has 0 radical (unpaired) electrons. The van der Waals surface area contributed by atoms with Crippen LogP contribution in [0.15, 0.2) is 42.7 Å². The van der Waals surface area contributed by atoms with Crippen LogP contribution in [0.5, 0.6) is 0 Å². The fraction of sp³-hybridized carbons (Fsp3) is 0.211. The van der Waals surface area contributed by atoms with E-state index >= 15 is 0 Å². The van der Waals surface area contributed by atoms with Gasteiger partial charge in [-0.15, -0.1) is 0 Å². The molecule has 0 aliphatic carbocycles. The van der Waals surface area contributed by atoms with Crippen LogP contribution in [0.4, 0.5) is 11.4 Å². The quantitative estimate of drug-likeness (QED) is 0.629. The molecule has 4 rings (SSSR count). The number of aromatic amines is 1. The summed E-state index contributed by atoms with van der Waals surface area (Å²) < 4.78 is 5.20. The molecular formula is C19H18N4O3. The number of methoxy groups -OCH3 is 1. The first-order chi connectivity index (χ1) is 12.5. The molecule has 1 aromatic carbocycles. The van der Waals surface area contributed by atoms with Gasteiger partial charge < -0.3 is 20.4 Å². The van der Waals surface area contributed by atoms with Gasteiger partial charge in [0.25, 0.3) is 5.91 Å². The number of ether oxygens (including phenoxy) is 1. The Balaban J connectivity index is 1.88. The lowest BCUT2D eigenvalue weighted by Gasteiger charge is -2.35. The molecule has 3 N–H and O–H groups in total. The van der Waals surface area contributed by atoms with Gasteiger partial charge in [0.1, 0.15) is 11.2 Å². The van der Waals surface area contributed by atoms with Gasteiger partial charge in [0.2, 0.25) is 0 Å². The van der Waals surface area contributed by atoms with Gasteiger partial charge in [-0.1, -0.05) is 30.3 Å². The van der Waals surface area contributed by atoms with Gasteiger partial charge in [-0.3, -0.25) is 9.59 Å². The number of hydrogen-bond donors (Lipinski definition) is 3. The number of anilines is 2. The van der Waals surface area contributed by atoms with E-state index in [1.54, 1.807) is 38.6 Å². The molecule has 1 atom stereocenters. The van der Waals surface area contributed by atoms with Crippen LogP contribution in [0.2, 0.25) is 0 Å². The van der Waals surface area contributed by atoms with Crippen molar-refractivity contribution in [2.45, 2.75) is 12.5 Å². The number of ketones is 1. The first-order valence-corrected chi connectivity index (χ1v) is 8.22. The summed E-state index contributed by atoms with van der Waals surface area (Å²) in [6.07, 6.45) is 3.22. The van der Waals surface area contributed by atoms with Crippen LogP contribution in [0.25, 0.3) is 11.0 Å². The number of fused-ring (bicyclic) bond motifs is 3. The van der Waals surface area contributed by atoms with E-state index in [0.29, 0.717) is 33.5 Å². The molecule has 0 unspecified atom stereocenters. The molecule has 132 valence electrons. The molecule has 0 saturated heterocycles. The molecule has 3 heterocycles. The van der Waals surface area contributed by atoms with Crippen molar-refractivity contribution < 1.29 is 14.3 Å². The number of pyridine rings is 1. The molecule has 0 saturated carbocycles. The van der Waals surface area contributed by atoms with E-state index in [4.69, 9.17) is 4.74 Å². The predicted octanol–water partition coefficient (Wildman–Crippen LogP) is 2.56. The number of rotatable bonds is 4. The second-order valence-corrected chi connectivity index (χ2v) is 6.51. The number of carbonyl (C=O) groups excluding carboxylic acids is 2. The molecule has 7 heteroatoms. The molecular weight excluding hydrogens is 332 g/mol. The van der Waals surface area contributed by atoms with E-state index < -0.39 is 5.54 Å². The molecule has 3 aromatic rings. The highest BCUT2D eigenvalue weighted by Gasteiger charge is 2.39. The SMILES string of the molecule is COC[C@]1(C)Nc2c(cnc3[nH]cc(C(=O)c4ccccc4)c23)NC1=O. The Morgan fingerprint density at radius 1 is 1.27 bits per heavy atom. The molecule has 1 aliphatic heterocycles. The van der Waals surface area contributed by atoms with Crippen LogP contribution >= 0.6 is 0 Å². The van der Waals surface area contributed by atoms with Gasteiger partial charge in [-0.25, -0.2) is 4.98 Å². The zero-order chi connectivity index (χ0) is 18.3. The summed E-state index contributed by atoms with van der Waals surface area (Å²) in [4.78, 5) is 32.8. The third kappa shape index (κ3) is 2.44. The van der Waals surface area contributed by atoms with Crippen LogP contribution in [0.1, 0.15) is 22.8 Å². The lowest BCUT2D eigenvalue weighted by Crippen LogP contribution is -2.53. The summed E-state index contributed by atoms with van der Waals surface area (Å²) in [5.41, 5.74) is 1.92. The lowest BCUT2D eigenvalue weighted by molar-refractivity contribution is -0.121. The van der Waals surface area contributed by atoms with Crippen molar-refractivity contribution >= 4 is 34.1 Å². The van der Waals surface area contributed by atoms with E-state index in [2.05, 4.69) is 20.6 Å². The smallest absolute Gasteiger partial charge is 0.252 e. The van der Waals surface area contributed by atoms with Crippen LogP contribution in [-0.4, -0.2) is 40.9 Å². The number of aromatic nitrogens is 2. The van der Waals surface area contributed by atoms with Gasteiger partial charge >= 0.3 is 0 Å². The number of benzene rings is 1. The lowest BCUT2D eigenvalue weighted by atomic mass is 9.96. The molecule has 0 bridgehead atoms. The zero-order valence-corrected chi connectivity index (χ0v) is 14.4. The Morgan fingerprint density at radius 2 is 2.04 bits per heavy atom. The third-order valence-electron chi connectivity index (χ3n) is 4.57. The highest BCUT2D eigenvalue weighted by Crippen LogP contribution is 2.38. The summed E-state index contributed by atoms with van der Waals surface area (Å²) >= 11 is 0. The summed E-state index contributed by atoms with van der Waals surface area (Å²) in [7, 11) is 1.54.